The number of ether oxygens (including phenoxy) is 1. The van der Waals surface area contributed by atoms with Gasteiger partial charge in [0.2, 0.25) is 0 Å². The van der Waals surface area contributed by atoms with Gasteiger partial charge in [-0.15, -0.1) is 0 Å². The van der Waals surface area contributed by atoms with Crippen molar-refractivity contribution in [3.63, 3.8) is 0 Å². The maximum absolute atomic E-state index is 5.48. The fourth-order valence-electron chi connectivity index (χ4n) is 2.65. The van der Waals surface area contributed by atoms with E-state index in [-0.39, 0.29) is 0 Å². The smallest absolute Gasteiger partial charge is 0.123 e. The second kappa shape index (κ2) is 6.35. The molecule has 22 heavy (non-hydrogen) atoms. The molecule has 0 aliphatic rings. The van der Waals surface area contributed by atoms with Gasteiger partial charge in [0.15, 0.2) is 0 Å². The summed E-state index contributed by atoms with van der Waals surface area (Å²) in [5, 5.41) is 0. The zero-order valence-corrected chi connectivity index (χ0v) is 12.9. The Morgan fingerprint density at radius 2 is 1.23 bits per heavy atom. The fraction of sp³-hybridized carbons (Fsp3) is 0.100. The Labute approximate surface area is 131 Å². The fourth-order valence-corrected chi connectivity index (χ4v) is 2.65. The van der Waals surface area contributed by atoms with Crippen molar-refractivity contribution in [1.29, 1.82) is 0 Å². The average molecular weight is 289 g/mol. The van der Waals surface area contributed by atoms with Crippen LogP contribution in [-0.4, -0.2) is 7.11 Å². The molecule has 3 aromatic carbocycles. The van der Waals surface area contributed by atoms with Gasteiger partial charge in [-0.05, 0) is 43.3 Å². The van der Waals surface area contributed by atoms with Gasteiger partial charge in [-0.2, -0.15) is 0 Å². The van der Waals surface area contributed by atoms with Crippen LogP contribution >= 0.6 is 0 Å². The van der Waals surface area contributed by atoms with Crippen LogP contribution in [0.3, 0.4) is 0 Å². The maximum Gasteiger partial charge on any atom is 0.123 e. The number of hydrogen-bond acceptors (Lipinski definition) is 2. The van der Waals surface area contributed by atoms with Crippen LogP contribution in [0.25, 0.3) is 0 Å². The second-order valence-electron chi connectivity index (χ2n) is 5.11. The summed E-state index contributed by atoms with van der Waals surface area (Å²) >= 11 is 0. The van der Waals surface area contributed by atoms with Crippen LogP contribution in [0.5, 0.6) is 5.75 Å². The van der Waals surface area contributed by atoms with E-state index in [9.17, 15) is 0 Å². The Morgan fingerprint density at radius 3 is 1.73 bits per heavy atom. The van der Waals surface area contributed by atoms with Crippen molar-refractivity contribution in [3.8, 4) is 5.75 Å². The number of para-hydroxylation sites is 2. The molecule has 110 valence electrons. The minimum absolute atomic E-state index is 0.898. The summed E-state index contributed by atoms with van der Waals surface area (Å²) in [4.78, 5) is 2.25. The molecule has 2 heteroatoms. The van der Waals surface area contributed by atoms with Crippen molar-refractivity contribution in [2.75, 3.05) is 12.0 Å². The lowest BCUT2D eigenvalue weighted by Gasteiger charge is -2.27. The predicted molar refractivity (Wildman–Crippen MR) is 92.4 cm³/mol. The van der Waals surface area contributed by atoms with Crippen molar-refractivity contribution in [2.45, 2.75) is 6.92 Å². The van der Waals surface area contributed by atoms with E-state index in [2.05, 4.69) is 66.4 Å². The maximum atomic E-state index is 5.48. The van der Waals surface area contributed by atoms with Gasteiger partial charge >= 0.3 is 0 Å². The zero-order chi connectivity index (χ0) is 15.4. The van der Waals surface area contributed by atoms with Crippen LogP contribution in [0, 0.1) is 6.92 Å². The highest BCUT2D eigenvalue weighted by molar-refractivity contribution is 5.79. The normalized spacial score (nSPS) is 10.3. The first-order valence-corrected chi connectivity index (χ1v) is 7.35. The first-order chi connectivity index (χ1) is 10.8. The van der Waals surface area contributed by atoms with Gasteiger partial charge in [0.05, 0.1) is 12.8 Å². The molecule has 2 nitrogen and oxygen atoms in total. The van der Waals surface area contributed by atoms with Gasteiger partial charge in [0.25, 0.3) is 0 Å². The summed E-state index contributed by atoms with van der Waals surface area (Å²) in [7, 11) is 1.71. The minimum atomic E-state index is 0.898. The van der Waals surface area contributed by atoms with E-state index in [1.807, 2.05) is 24.3 Å². The third-order valence-electron chi connectivity index (χ3n) is 3.75. The first kappa shape index (κ1) is 14.2. The second-order valence-corrected chi connectivity index (χ2v) is 5.11. The van der Waals surface area contributed by atoms with Gasteiger partial charge in [0.1, 0.15) is 5.75 Å². The van der Waals surface area contributed by atoms with E-state index in [0.29, 0.717) is 0 Å². The van der Waals surface area contributed by atoms with Crippen LogP contribution in [0.4, 0.5) is 17.1 Å². The van der Waals surface area contributed by atoms with Crippen LogP contribution in [0.15, 0.2) is 78.9 Å². The summed E-state index contributed by atoms with van der Waals surface area (Å²) < 4.78 is 5.48. The molecule has 0 atom stereocenters. The zero-order valence-electron chi connectivity index (χ0n) is 12.9. The average Bonchev–Trinajstić information content (AvgIpc) is 2.59. The molecule has 0 saturated carbocycles. The standard InChI is InChI=1S/C20H19NO/c1-16-19(14-9-15-20(16)22-2)21(17-10-5-3-6-11-17)18-12-7-4-8-13-18/h3-15H,1-2H3. The number of rotatable bonds is 4. The molecule has 0 bridgehead atoms. The lowest BCUT2D eigenvalue weighted by molar-refractivity contribution is 0.412. The van der Waals surface area contributed by atoms with Crippen molar-refractivity contribution in [1.82, 2.24) is 0 Å². The summed E-state index contributed by atoms with van der Waals surface area (Å²) in [6.07, 6.45) is 0. The predicted octanol–water partition coefficient (Wildman–Crippen LogP) is 5.47. The van der Waals surface area contributed by atoms with Crippen molar-refractivity contribution in [3.05, 3.63) is 84.4 Å². The third kappa shape index (κ3) is 2.68. The Kier molecular flexibility index (Phi) is 4.10. The van der Waals surface area contributed by atoms with E-state index in [0.717, 1.165) is 28.4 Å². The molecule has 0 heterocycles. The van der Waals surface area contributed by atoms with E-state index in [1.165, 1.54) is 0 Å². The molecule has 0 radical (unpaired) electrons. The Bertz CT molecular complexity index is 699. The summed E-state index contributed by atoms with van der Waals surface area (Å²) in [5.41, 5.74) is 4.50. The molecule has 3 rings (SSSR count). The SMILES string of the molecule is COc1cccc(N(c2ccccc2)c2ccccc2)c1C. The largest absolute Gasteiger partial charge is 0.496 e. The number of benzene rings is 3. The number of anilines is 3. The molecule has 0 unspecified atom stereocenters. The van der Waals surface area contributed by atoms with Crippen LogP contribution < -0.4 is 9.64 Å². The summed E-state index contributed by atoms with van der Waals surface area (Å²) in [5.74, 6) is 0.898. The highest BCUT2D eigenvalue weighted by atomic mass is 16.5. The van der Waals surface area contributed by atoms with Crippen molar-refractivity contribution in [2.24, 2.45) is 0 Å². The number of methoxy groups -OCH3 is 1. The van der Waals surface area contributed by atoms with Crippen molar-refractivity contribution >= 4 is 17.1 Å². The molecule has 0 aliphatic carbocycles. The van der Waals surface area contributed by atoms with Gasteiger partial charge in [-0.25, -0.2) is 0 Å². The molecule has 0 amide bonds. The highest BCUT2D eigenvalue weighted by Gasteiger charge is 2.15. The topological polar surface area (TPSA) is 12.5 Å². The molecular formula is C20H19NO. The molecule has 0 aromatic heterocycles. The molecule has 3 aromatic rings. The van der Waals surface area contributed by atoms with Gasteiger partial charge in [-0.3, -0.25) is 0 Å². The van der Waals surface area contributed by atoms with Crippen LogP contribution in [0.2, 0.25) is 0 Å². The van der Waals surface area contributed by atoms with E-state index >= 15 is 0 Å². The Balaban J connectivity index is 2.19. The molecule has 0 N–H and O–H groups in total. The quantitative estimate of drug-likeness (QED) is 0.631. The van der Waals surface area contributed by atoms with Crippen LogP contribution in [0.1, 0.15) is 5.56 Å². The number of hydrogen-bond donors (Lipinski definition) is 0. The van der Waals surface area contributed by atoms with Gasteiger partial charge in [-0.1, -0.05) is 42.5 Å². The molecular weight excluding hydrogens is 270 g/mol. The summed E-state index contributed by atoms with van der Waals surface area (Å²) in [6, 6.07) is 26.9. The van der Waals surface area contributed by atoms with Gasteiger partial charge < -0.3 is 9.64 Å². The lowest BCUT2D eigenvalue weighted by atomic mass is 10.1. The third-order valence-corrected chi connectivity index (χ3v) is 3.75. The summed E-state index contributed by atoms with van der Waals surface area (Å²) in [6.45, 7) is 2.09. The van der Waals surface area contributed by atoms with E-state index in [1.54, 1.807) is 7.11 Å². The minimum Gasteiger partial charge on any atom is -0.496 e. The monoisotopic (exact) mass is 289 g/mol. The molecule has 0 fully saturated rings. The first-order valence-electron chi connectivity index (χ1n) is 7.35. The molecule has 0 spiro atoms. The van der Waals surface area contributed by atoms with E-state index < -0.39 is 0 Å². The lowest BCUT2D eigenvalue weighted by Crippen LogP contribution is -2.11. The van der Waals surface area contributed by atoms with E-state index in [4.69, 9.17) is 4.74 Å². The Hall–Kier alpha value is -2.74. The number of nitrogens with zero attached hydrogens (tertiary/aromatic N) is 1. The molecule has 0 aliphatic heterocycles. The highest BCUT2D eigenvalue weighted by Crippen LogP contribution is 2.38. The van der Waals surface area contributed by atoms with Gasteiger partial charge in [0, 0.05) is 16.9 Å². The van der Waals surface area contributed by atoms with Crippen LogP contribution in [-0.2, 0) is 0 Å². The Morgan fingerprint density at radius 1 is 0.682 bits per heavy atom. The van der Waals surface area contributed by atoms with Crippen molar-refractivity contribution < 1.29 is 4.74 Å². The molecule has 0 saturated heterocycles.